The summed E-state index contributed by atoms with van der Waals surface area (Å²) in [5, 5.41) is 29.3. The van der Waals surface area contributed by atoms with Crippen LogP contribution in [0.5, 0.6) is 0 Å². The number of carboxylic acids is 2. The lowest BCUT2D eigenvalue weighted by Gasteiger charge is -2.49. The Balaban J connectivity index is 1.19. The molecule has 49 heavy (non-hydrogen) atoms. The summed E-state index contributed by atoms with van der Waals surface area (Å²) in [5.74, 6) is -3.52. The maximum atomic E-state index is 13.4. The fourth-order valence-corrected chi connectivity index (χ4v) is 7.61. The van der Waals surface area contributed by atoms with Crippen molar-refractivity contribution < 1.29 is 38.8 Å². The lowest BCUT2D eigenvalue weighted by Crippen LogP contribution is -2.71. The van der Waals surface area contributed by atoms with E-state index in [1.807, 2.05) is 38.4 Å². The van der Waals surface area contributed by atoms with Crippen molar-refractivity contribution in [3.63, 3.8) is 0 Å². The molecule has 1 saturated heterocycles. The number of fused-ring (bicyclic) bond motifs is 2. The normalized spacial score (nSPS) is 17.9. The highest BCUT2D eigenvalue weighted by Crippen LogP contribution is 2.41. The van der Waals surface area contributed by atoms with Gasteiger partial charge in [0.25, 0.3) is 11.8 Å². The Hall–Kier alpha value is -5.48. The highest BCUT2D eigenvalue weighted by atomic mass is 32.2. The molecule has 256 valence electrons. The van der Waals surface area contributed by atoms with E-state index in [0.29, 0.717) is 17.9 Å². The monoisotopic (exact) mass is 729 g/mol. The van der Waals surface area contributed by atoms with Crippen LogP contribution < -0.4 is 27.1 Å². The van der Waals surface area contributed by atoms with E-state index in [1.54, 1.807) is 5.38 Å². The third kappa shape index (κ3) is 6.51. The van der Waals surface area contributed by atoms with Crippen LogP contribution in [-0.2, 0) is 37.1 Å². The van der Waals surface area contributed by atoms with E-state index in [2.05, 4.69) is 25.4 Å². The molecule has 0 unspecified atom stereocenters. The van der Waals surface area contributed by atoms with E-state index >= 15 is 0 Å². The van der Waals surface area contributed by atoms with Crippen molar-refractivity contribution in [1.29, 1.82) is 0 Å². The number of nitrogen functional groups attached to an aromatic ring is 1. The molecule has 1 fully saturated rings. The van der Waals surface area contributed by atoms with Gasteiger partial charge in [-0.15, -0.1) is 39.0 Å². The Morgan fingerprint density at radius 1 is 1.18 bits per heavy atom. The van der Waals surface area contributed by atoms with E-state index in [-0.39, 0.29) is 34.8 Å². The Bertz CT molecular complexity index is 2090. The number of carbonyl (C=O) groups excluding carboxylic acids is 2. The maximum absolute atomic E-state index is 13.4. The number of aliphatic imine (C=N–C) groups is 1. The molecular weight excluding hydrogens is 701 g/mol. The molecular formula is C27H29N12O7S3+. The number of nitrogens with one attached hydrogen (secondary N) is 1. The number of thiazole rings is 2. The van der Waals surface area contributed by atoms with Crippen molar-refractivity contribution in [3.8, 4) is 0 Å². The molecule has 2 aliphatic rings. The minimum Gasteiger partial charge on any atom is -0.478 e. The molecule has 22 heteroatoms. The van der Waals surface area contributed by atoms with Crippen molar-refractivity contribution >= 4 is 86.5 Å². The van der Waals surface area contributed by atoms with Crippen LogP contribution >= 0.6 is 34.4 Å². The number of thioether (sulfide) groups is 1. The average Bonchev–Trinajstić information content (AvgIpc) is 3.83. The van der Waals surface area contributed by atoms with E-state index in [0.717, 1.165) is 26.9 Å². The molecule has 0 saturated carbocycles. The number of imidazole rings is 1. The number of nitrogens with two attached hydrogens (primary N) is 3. The first-order valence-electron chi connectivity index (χ1n) is 14.2. The van der Waals surface area contributed by atoms with Crippen molar-refractivity contribution in [2.24, 2.45) is 21.6 Å². The number of amides is 2. The first kappa shape index (κ1) is 33.4. The number of carbonyl (C=O) groups is 4. The van der Waals surface area contributed by atoms with Crippen LogP contribution in [-0.4, -0.2) is 92.5 Å². The van der Waals surface area contributed by atoms with E-state index in [1.165, 1.54) is 42.3 Å². The summed E-state index contributed by atoms with van der Waals surface area (Å²) in [6.07, 6.45) is 5.50. The number of β-lactam (4-membered cyclic amide) rings is 1. The van der Waals surface area contributed by atoms with Gasteiger partial charge in [0, 0.05) is 16.5 Å². The number of hydrogen-bond acceptors (Lipinski definition) is 13. The average molecular weight is 730 g/mol. The van der Waals surface area contributed by atoms with Crippen molar-refractivity contribution in [3.05, 3.63) is 57.4 Å². The van der Waals surface area contributed by atoms with Gasteiger partial charge in [0.2, 0.25) is 5.60 Å². The van der Waals surface area contributed by atoms with Gasteiger partial charge in [0.1, 0.15) is 40.6 Å². The summed E-state index contributed by atoms with van der Waals surface area (Å²) in [4.78, 5) is 69.5. The van der Waals surface area contributed by atoms with Crippen LogP contribution in [0.2, 0.25) is 0 Å². The van der Waals surface area contributed by atoms with Crippen molar-refractivity contribution in [2.75, 3.05) is 11.5 Å². The molecule has 0 aliphatic carbocycles. The van der Waals surface area contributed by atoms with E-state index in [9.17, 15) is 29.4 Å². The zero-order valence-corrected chi connectivity index (χ0v) is 28.2. The van der Waals surface area contributed by atoms with Crippen molar-refractivity contribution in [2.45, 2.75) is 44.0 Å². The molecule has 0 radical (unpaired) electrons. The predicted octanol–water partition coefficient (Wildman–Crippen LogP) is -0.501. The second-order valence-corrected chi connectivity index (χ2v) is 14.2. The second kappa shape index (κ2) is 12.9. The molecule has 0 bridgehead atoms. The molecule has 2 amide bonds. The third-order valence-electron chi connectivity index (χ3n) is 7.43. The minimum absolute atomic E-state index is 0.0150. The van der Waals surface area contributed by atoms with Crippen LogP contribution in [0.4, 0.5) is 10.9 Å². The van der Waals surface area contributed by atoms with Gasteiger partial charge in [-0.05, 0) is 19.4 Å². The lowest BCUT2D eigenvalue weighted by atomic mass is 10.0. The fourth-order valence-electron chi connectivity index (χ4n) is 5.02. The maximum Gasteiger partial charge on any atom is 0.352 e. The number of anilines is 1. The fraction of sp³-hybridized carbons (Fsp3) is 0.296. The molecule has 2 atom stereocenters. The largest absolute Gasteiger partial charge is 0.478 e. The van der Waals surface area contributed by atoms with Gasteiger partial charge in [-0.3, -0.25) is 14.5 Å². The van der Waals surface area contributed by atoms with Crippen LogP contribution in [0.15, 0.2) is 56.8 Å². The van der Waals surface area contributed by atoms with Gasteiger partial charge in [0.15, 0.2) is 28.8 Å². The standard InChI is InChI=1S/C27H28N12O7S3/c1-27(2,24(44)45)46-35-17(13-10-49-26(30)31-13)20(40)34-18-21(41)39-19(23(42)43)12(9-48-22(18)39)7-37-4-3-16-36(5-6-38(16)37)8-15-32-14(11-47-15)33-25(28)29/h3-6,10-11,18,22H,7-9H2,1-2H3,(H8-,28,29,30,31,33,34,40,42,43,44,45)/p+1/b35-17-/t18-,22-/m1/s1. The molecule has 4 aromatic rings. The minimum atomic E-state index is -1.78. The number of rotatable bonds is 12. The zero-order chi connectivity index (χ0) is 35.2. The van der Waals surface area contributed by atoms with E-state index in [4.69, 9.17) is 22.0 Å². The molecule has 19 nitrogen and oxygen atoms in total. The van der Waals surface area contributed by atoms with Crippen LogP contribution in [0.25, 0.3) is 5.65 Å². The smallest absolute Gasteiger partial charge is 0.352 e. The summed E-state index contributed by atoms with van der Waals surface area (Å²) in [5.41, 5.74) is 15.6. The molecule has 0 aromatic carbocycles. The summed E-state index contributed by atoms with van der Waals surface area (Å²) in [7, 11) is 0. The number of guanidine groups is 1. The Morgan fingerprint density at radius 3 is 2.63 bits per heavy atom. The number of aromatic nitrogens is 5. The lowest BCUT2D eigenvalue weighted by molar-refractivity contribution is -0.661. The predicted molar refractivity (Wildman–Crippen MR) is 178 cm³/mol. The summed E-state index contributed by atoms with van der Waals surface area (Å²) >= 11 is 3.72. The van der Waals surface area contributed by atoms with Gasteiger partial charge in [-0.2, -0.15) is 4.99 Å². The van der Waals surface area contributed by atoms with Crippen LogP contribution in [0.3, 0.4) is 0 Å². The van der Waals surface area contributed by atoms with Gasteiger partial charge in [0.05, 0.1) is 18.8 Å². The third-order valence-corrected chi connectivity index (χ3v) is 10.3. The number of aliphatic carboxylic acids is 2. The first-order valence-corrected chi connectivity index (χ1v) is 17.1. The van der Waals surface area contributed by atoms with Crippen molar-refractivity contribution in [1.82, 2.24) is 29.4 Å². The zero-order valence-electron chi connectivity index (χ0n) is 25.7. The van der Waals surface area contributed by atoms with Gasteiger partial charge < -0.3 is 37.6 Å². The molecule has 6 rings (SSSR count). The first-order chi connectivity index (χ1) is 23.2. The molecule has 2 aliphatic heterocycles. The molecule has 4 aromatic heterocycles. The summed E-state index contributed by atoms with van der Waals surface area (Å²) in [6.45, 7) is 3.11. The van der Waals surface area contributed by atoms with Gasteiger partial charge in [-0.25, -0.2) is 28.8 Å². The highest BCUT2D eigenvalue weighted by Gasteiger charge is 2.54. The number of oxime groups is 1. The Kier molecular flexibility index (Phi) is 8.77. The van der Waals surface area contributed by atoms with Gasteiger partial charge in [-0.1, -0.05) is 5.16 Å². The Labute approximate surface area is 288 Å². The molecule has 6 heterocycles. The summed E-state index contributed by atoms with van der Waals surface area (Å²) in [6, 6.07) is 0.781. The Morgan fingerprint density at radius 2 is 1.96 bits per heavy atom. The quantitative estimate of drug-likeness (QED) is 0.0353. The van der Waals surface area contributed by atoms with Crippen LogP contribution in [0.1, 0.15) is 24.5 Å². The second-order valence-electron chi connectivity index (χ2n) is 11.2. The van der Waals surface area contributed by atoms with Gasteiger partial charge >= 0.3 is 17.6 Å². The topological polar surface area (TPSA) is 275 Å². The van der Waals surface area contributed by atoms with Crippen LogP contribution in [0, 0.1) is 0 Å². The number of nitrogens with zero attached hydrogens (tertiary/aromatic N) is 8. The highest BCUT2D eigenvalue weighted by molar-refractivity contribution is 8.00. The molecule has 9 N–H and O–H groups in total. The summed E-state index contributed by atoms with van der Waals surface area (Å²) < 4.78 is 5.64. The van der Waals surface area contributed by atoms with E-state index < -0.39 is 46.5 Å². The number of carboxylic acid groups (broad SMARTS) is 2. The number of hydrogen-bond donors (Lipinski definition) is 6. The SMILES string of the molecule is CC(C)(O/N=C(\C(=O)N[C@@H]1C(=O)N2C(C(=O)O)=C(Cn3ccc4n3cc[n+]4Cc3nc(N=C(N)N)cs3)CS[C@H]12)c1csc(N)n1)C(=O)O. The molecule has 0 spiro atoms.